The van der Waals surface area contributed by atoms with Gasteiger partial charge >= 0.3 is 0 Å². The number of Topliss-reactive ketones (excluding diaryl/α,β-unsaturated/α-hetero) is 1. The number of carbonyl (C=O) groups excluding carboxylic acids is 2. The highest BCUT2D eigenvalue weighted by atomic mass is 35.5. The lowest BCUT2D eigenvalue weighted by Crippen LogP contribution is -2.29. The molecule has 1 aliphatic rings. The maximum absolute atomic E-state index is 13.3. The average molecular weight is 423 g/mol. The molecule has 1 amide bonds. The number of amides is 1. The van der Waals surface area contributed by atoms with Gasteiger partial charge in [-0.05, 0) is 53.6 Å². The van der Waals surface area contributed by atoms with Gasteiger partial charge in [0.05, 0.1) is 11.6 Å². The molecular weight excluding hydrogens is 407 g/mol. The van der Waals surface area contributed by atoms with Crippen molar-refractivity contribution in [2.75, 3.05) is 0 Å². The normalized spacial score (nSPS) is 18.1. The molecule has 1 fully saturated rings. The Labute approximate surface area is 177 Å². The number of pyridine rings is 1. The minimum absolute atomic E-state index is 0.0576. The van der Waals surface area contributed by atoms with Gasteiger partial charge in [0, 0.05) is 29.5 Å². The Bertz CT molecular complexity index is 1130. The number of aliphatic hydroxyl groups excluding tert-OH is 1. The first kappa shape index (κ1) is 19.8. The molecule has 0 bridgehead atoms. The van der Waals surface area contributed by atoms with E-state index in [1.54, 1.807) is 48.8 Å². The van der Waals surface area contributed by atoms with Gasteiger partial charge < -0.3 is 10.0 Å². The summed E-state index contributed by atoms with van der Waals surface area (Å²) in [5, 5.41) is 11.4. The Kier molecular flexibility index (Phi) is 5.33. The molecule has 1 saturated heterocycles. The average Bonchev–Trinajstić information content (AvgIpc) is 3.00. The molecule has 2 aromatic carbocycles. The predicted octanol–water partition coefficient (Wildman–Crippen LogP) is 4.50. The van der Waals surface area contributed by atoms with Gasteiger partial charge in [0.15, 0.2) is 0 Å². The second-order valence-corrected chi connectivity index (χ2v) is 7.28. The van der Waals surface area contributed by atoms with Crippen molar-refractivity contribution in [1.29, 1.82) is 0 Å². The predicted molar refractivity (Wildman–Crippen MR) is 110 cm³/mol. The second-order valence-electron chi connectivity index (χ2n) is 6.85. The zero-order valence-corrected chi connectivity index (χ0v) is 16.4. The van der Waals surface area contributed by atoms with Crippen LogP contribution >= 0.6 is 11.6 Å². The topological polar surface area (TPSA) is 70.5 Å². The summed E-state index contributed by atoms with van der Waals surface area (Å²) < 4.78 is 13.3. The number of nitrogens with zero attached hydrogens (tertiary/aromatic N) is 2. The molecule has 0 aliphatic carbocycles. The number of hydrogen-bond acceptors (Lipinski definition) is 4. The van der Waals surface area contributed by atoms with Crippen molar-refractivity contribution in [3.8, 4) is 0 Å². The Morgan fingerprint density at radius 3 is 2.40 bits per heavy atom. The molecule has 30 heavy (non-hydrogen) atoms. The first-order valence-corrected chi connectivity index (χ1v) is 9.52. The maximum atomic E-state index is 13.3. The number of aromatic nitrogens is 1. The monoisotopic (exact) mass is 422 g/mol. The van der Waals surface area contributed by atoms with Gasteiger partial charge in [-0.2, -0.15) is 0 Å². The molecule has 0 radical (unpaired) electrons. The van der Waals surface area contributed by atoms with Gasteiger partial charge in [-0.15, -0.1) is 0 Å². The summed E-state index contributed by atoms with van der Waals surface area (Å²) in [5.74, 6) is -2.37. The molecule has 3 aromatic rings. The highest BCUT2D eigenvalue weighted by Gasteiger charge is 2.46. The Morgan fingerprint density at radius 2 is 1.77 bits per heavy atom. The van der Waals surface area contributed by atoms with E-state index in [0.29, 0.717) is 10.6 Å². The zero-order valence-electron chi connectivity index (χ0n) is 15.6. The molecule has 0 spiro atoms. The summed E-state index contributed by atoms with van der Waals surface area (Å²) in [7, 11) is 0. The van der Waals surface area contributed by atoms with Crippen molar-refractivity contribution < 1.29 is 19.1 Å². The molecule has 1 aromatic heterocycles. The highest BCUT2D eigenvalue weighted by molar-refractivity contribution is 6.46. The fraction of sp³-hybridized carbons (Fsp3) is 0.0870. The molecular formula is C23H16ClFN2O3. The Morgan fingerprint density at radius 1 is 1.07 bits per heavy atom. The summed E-state index contributed by atoms with van der Waals surface area (Å²) in [6, 6.07) is 14.5. The maximum Gasteiger partial charge on any atom is 0.295 e. The van der Waals surface area contributed by atoms with Gasteiger partial charge in [0.1, 0.15) is 11.6 Å². The van der Waals surface area contributed by atoms with E-state index in [2.05, 4.69) is 4.98 Å². The number of rotatable bonds is 4. The van der Waals surface area contributed by atoms with Crippen LogP contribution in [0.3, 0.4) is 0 Å². The largest absolute Gasteiger partial charge is 0.507 e. The Hall–Kier alpha value is -3.51. The smallest absolute Gasteiger partial charge is 0.295 e. The van der Waals surface area contributed by atoms with E-state index in [0.717, 1.165) is 5.56 Å². The number of hydrogen-bond donors (Lipinski definition) is 1. The van der Waals surface area contributed by atoms with E-state index in [1.165, 1.54) is 29.2 Å². The van der Waals surface area contributed by atoms with Crippen molar-refractivity contribution in [1.82, 2.24) is 9.88 Å². The standard InChI is InChI=1S/C23H16ClFN2O3/c24-17-7-3-15(4-8-17)20-19(21(28)16-5-9-18(25)10-6-16)22(29)23(30)27(20)13-14-2-1-11-26-12-14/h1-12,20,28H,13H2/b21-19+/t20-/m1/s1. The van der Waals surface area contributed by atoms with Crippen LogP contribution in [0.2, 0.25) is 5.02 Å². The molecule has 1 aliphatic heterocycles. The van der Waals surface area contributed by atoms with Crippen LogP contribution in [0, 0.1) is 5.82 Å². The summed E-state index contributed by atoms with van der Waals surface area (Å²) in [6.07, 6.45) is 3.22. The van der Waals surface area contributed by atoms with Gasteiger partial charge in [-0.25, -0.2) is 4.39 Å². The van der Waals surface area contributed by atoms with Gasteiger partial charge in [0.25, 0.3) is 11.7 Å². The van der Waals surface area contributed by atoms with E-state index in [4.69, 9.17) is 11.6 Å². The fourth-order valence-electron chi connectivity index (χ4n) is 3.49. The summed E-state index contributed by atoms with van der Waals surface area (Å²) in [5.41, 5.74) is 1.54. The SMILES string of the molecule is O=C1C(=O)N(Cc2cccnc2)[C@H](c2ccc(Cl)cc2)/C1=C(\O)c1ccc(F)cc1. The van der Waals surface area contributed by atoms with Crippen LogP contribution in [0.4, 0.5) is 4.39 Å². The first-order valence-electron chi connectivity index (χ1n) is 9.14. The third-order valence-corrected chi connectivity index (χ3v) is 5.17. The molecule has 5 nitrogen and oxygen atoms in total. The summed E-state index contributed by atoms with van der Waals surface area (Å²) >= 11 is 6.00. The Balaban J connectivity index is 1.85. The van der Waals surface area contributed by atoms with Crippen LogP contribution < -0.4 is 0 Å². The van der Waals surface area contributed by atoms with E-state index in [1.807, 2.05) is 0 Å². The number of carbonyl (C=O) groups is 2. The number of halogens is 2. The third-order valence-electron chi connectivity index (χ3n) is 4.92. The van der Waals surface area contributed by atoms with Crippen LogP contribution in [0.1, 0.15) is 22.7 Å². The minimum atomic E-state index is -0.826. The fourth-order valence-corrected chi connectivity index (χ4v) is 3.61. The minimum Gasteiger partial charge on any atom is -0.507 e. The third kappa shape index (κ3) is 3.69. The molecule has 4 rings (SSSR count). The summed E-state index contributed by atoms with van der Waals surface area (Å²) in [6.45, 7) is 0.131. The van der Waals surface area contributed by atoms with Crippen molar-refractivity contribution in [2.45, 2.75) is 12.6 Å². The molecule has 1 atom stereocenters. The molecule has 2 heterocycles. The lowest BCUT2D eigenvalue weighted by Gasteiger charge is -2.25. The summed E-state index contributed by atoms with van der Waals surface area (Å²) in [4.78, 5) is 31.2. The number of ketones is 1. The molecule has 150 valence electrons. The van der Waals surface area contributed by atoms with Crippen LogP contribution in [-0.4, -0.2) is 26.7 Å². The quantitative estimate of drug-likeness (QED) is 0.382. The van der Waals surface area contributed by atoms with Crippen LogP contribution in [0.15, 0.2) is 78.6 Å². The molecule has 7 heteroatoms. The molecule has 1 N–H and O–H groups in total. The van der Waals surface area contributed by atoms with Crippen LogP contribution in [0.25, 0.3) is 5.76 Å². The number of benzene rings is 2. The van der Waals surface area contributed by atoms with Crippen molar-refractivity contribution in [3.05, 3.63) is 106 Å². The molecule has 0 saturated carbocycles. The van der Waals surface area contributed by atoms with Gasteiger partial charge in [0.2, 0.25) is 0 Å². The lowest BCUT2D eigenvalue weighted by molar-refractivity contribution is -0.140. The lowest BCUT2D eigenvalue weighted by atomic mass is 9.95. The van der Waals surface area contributed by atoms with Crippen LogP contribution in [0.5, 0.6) is 0 Å². The molecule has 0 unspecified atom stereocenters. The van der Waals surface area contributed by atoms with E-state index < -0.39 is 23.5 Å². The number of aliphatic hydroxyl groups is 1. The van der Waals surface area contributed by atoms with E-state index in [-0.39, 0.29) is 23.4 Å². The highest BCUT2D eigenvalue weighted by Crippen LogP contribution is 2.40. The second kappa shape index (κ2) is 8.08. The first-order chi connectivity index (χ1) is 14.5. The van der Waals surface area contributed by atoms with Crippen molar-refractivity contribution in [3.63, 3.8) is 0 Å². The van der Waals surface area contributed by atoms with Crippen molar-refractivity contribution in [2.24, 2.45) is 0 Å². The van der Waals surface area contributed by atoms with Crippen LogP contribution in [-0.2, 0) is 16.1 Å². The van der Waals surface area contributed by atoms with E-state index in [9.17, 15) is 19.1 Å². The van der Waals surface area contributed by atoms with Crippen molar-refractivity contribution >= 4 is 29.1 Å². The number of likely N-dealkylation sites (tertiary alicyclic amines) is 1. The van der Waals surface area contributed by atoms with E-state index >= 15 is 0 Å². The van der Waals surface area contributed by atoms with Gasteiger partial charge in [-0.1, -0.05) is 29.8 Å². The van der Waals surface area contributed by atoms with Gasteiger partial charge in [-0.3, -0.25) is 14.6 Å². The zero-order chi connectivity index (χ0) is 21.3.